The molecule has 18 heavy (non-hydrogen) atoms. The molecule has 1 aromatic carbocycles. The number of anilines is 1. The summed E-state index contributed by atoms with van der Waals surface area (Å²) < 4.78 is 22.6. The maximum Gasteiger partial charge on any atom is 0.150 e. The molecule has 0 fully saturated rings. The molecule has 0 saturated heterocycles. The summed E-state index contributed by atoms with van der Waals surface area (Å²) in [4.78, 5) is 0. The van der Waals surface area contributed by atoms with Gasteiger partial charge in [0.2, 0.25) is 0 Å². The van der Waals surface area contributed by atoms with Gasteiger partial charge in [-0.1, -0.05) is 13.0 Å². The Kier molecular flexibility index (Phi) is 5.17. The van der Waals surface area contributed by atoms with E-state index in [1.54, 1.807) is 19.1 Å². The largest absolute Gasteiger partial charge is 0.385 e. The maximum atomic E-state index is 11.3. The van der Waals surface area contributed by atoms with E-state index in [1.165, 1.54) is 0 Å². The second-order valence-corrected chi connectivity index (χ2v) is 6.63. The van der Waals surface area contributed by atoms with Crippen LogP contribution in [0.3, 0.4) is 0 Å². The molecule has 0 radical (unpaired) electrons. The Morgan fingerprint density at radius 2 is 2.11 bits per heavy atom. The van der Waals surface area contributed by atoms with E-state index in [4.69, 9.17) is 5.26 Å². The van der Waals surface area contributed by atoms with Crippen molar-refractivity contribution in [1.29, 1.82) is 5.26 Å². The van der Waals surface area contributed by atoms with Gasteiger partial charge in [-0.2, -0.15) is 5.26 Å². The Morgan fingerprint density at radius 3 is 2.72 bits per heavy atom. The molecule has 98 valence electrons. The summed E-state index contributed by atoms with van der Waals surface area (Å²) in [5.74, 6) is 0.392. The van der Waals surface area contributed by atoms with Crippen LogP contribution in [0.15, 0.2) is 18.2 Å². The molecule has 0 unspecified atom stereocenters. The minimum atomic E-state index is -2.89. The zero-order chi connectivity index (χ0) is 13.6. The second kappa shape index (κ2) is 6.41. The van der Waals surface area contributed by atoms with E-state index in [0.717, 1.165) is 11.3 Å². The van der Waals surface area contributed by atoms with Crippen LogP contribution in [-0.2, 0) is 9.84 Å². The SMILES string of the molecule is CCS(=O)(=O)CCCNc1cc(C#N)ccc1C. The quantitative estimate of drug-likeness (QED) is 0.800. The van der Waals surface area contributed by atoms with Crippen molar-refractivity contribution in [3.63, 3.8) is 0 Å². The third-order valence-electron chi connectivity index (χ3n) is 2.75. The number of benzene rings is 1. The lowest BCUT2D eigenvalue weighted by Gasteiger charge is -2.09. The van der Waals surface area contributed by atoms with Gasteiger partial charge < -0.3 is 5.32 Å². The Balaban J connectivity index is 2.52. The predicted molar refractivity (Wildman–Crippen MR) is 73.3 cm³/mol. The molecule has 0 saturated carbocycles. The number of hydrogen-bond donors (Lipinski definition) is 1. The van der Waals surface area contributed by atoms with Crippen molar-refractivity contribution >= 4 is 15.5 Å². The fourth-order valence-electron chi connectivity index (χ4n) is 1.54. The highest BCUT2D eigenvalue weighted by Gasteiger charge is 2.06. The highest BCUT2D eigenvalue weighted by molar-refractivity contribution is 7.91. The molecule has 0 atom stereocenters. The van der Waals surface area contributed by atoms with Crippen LogP contribution in [-0.4, -0.2) is 26.5 Å². The molecule has 0 aromatic heterocycles. The average molecular weight is 266 g/mol. The molecule has 1 N–H and O–H groups in total. The maximum absolute atomic E-state index is 11.3. The van der Waals surface area contributed by atoms with Gasteiger partial charge in [0.1, 0.15) is 9.84 Å². The van der Waals surface area contributed by atoms with E-state index in [9.17, 15) is 8.42 Å². The lowest BCUT2D eigenvalue weighted by atomic mass is 10.1. The van der Waals surface area contributed by atoms with Crippen LogP contribution >= 0.6 is 0 Å². The molecule has 4 nitrogen and oxygen atoms in total. The fourth-order valence-corrected chi connectivity index (χ4v) is 2.41. The first-order valence-electron chi connectivity index (χ1n) is 5.93. The van der Waals surface area contributed by atoms with E-state index < -0.39 is 9.84 Å². The van der Waals surface area contributed by atoms with Gasteiger partial charge in [-0.25, -0.2) is 8.42 Å². The van der Waals surface area contributed by atoms with Crippen molar-refractivity contribution in [2.24, 2.45) is 0 Å². The summed E-state index contributed by atoms with van der Waals surface area (Å²) >= 11 is 0. The number of rotatable bonds is 6. The third-order valence-corrected chi connectivity index (χ3v) is 4.54. The molecule has 0 amide bonds. The molecule has 0 heterocycles. The van der Waals surface area contributed by atoms with Crippen LogP contribution in [0.4, 0.5) is 5.69 Å². The van der Waals surface area contributed by atoms with Crippen LogP contribution in [0, 0.1) is 18.3 Å². The second-order valence-electron chi connectivity index (χ2n) is 4.16. The minimum absolute atomic E-state index is 0.190. The minimum Gasteiger partial charge on any atom is -0.385 e. The van der Waals surface area contributed by atoms with Crippen molar-refractivity contribution in [2.45, 2.75) is 20.3 Å². The topological polar surface area (TPSA) is 70.0 Å². The number of aryl methyl sites for hydroxylation is 1. The Bertz CT molecular complexity index is 545. The first-order valence-corrected chi connectivity index (χ1v) is 7.75. The molecule has 1 aromatic rings. The van der Waals surface area contributed by atoms with Crippen LogP contribution in [0.1, 0.15) is 24.5 Å². The van der Waals surface area contributed by atoms with Gasteiger partial charge in [-0.15, -0.1) is 0 Å². The summed E-state index contributed by atoms with van der Waals surface area (Å²) in [6, 6.07) is 7.51. The van der Waals surface area contributed by atoms with Crippen molar-refractivity contribution < 1.29 is 8.42 Å². The van der Waals surface area contributed by atoms with Gasteiger partial charge in [-0.05, 0) is 31.0 Å². The molecule has 1 rings (SSSR count). The normalized spacial score (nSPS) is 10.9. The van der Waals surface area contributed by atoms with Crippen molar-refractivity contribution in [3.05, 3.63) is 29.3 Å². The number of nitrogens with zero attached hydrogens (tertiary/aromatic N) is 1. The summed E-state index contributed by atoms with van der Waals surface area (Å²) in [6.07, 6.45) is 0.576. The number of nitrogens with one attached hydrogen (secondary N) is 1. The van der Waals surface area contributed by atoms with Gasteiger partial charge in [0.15, 0.2) is 0 Å². The molecular weight excluding hydrogens is 248 g/mol. The summed E-state index contributed by atoms with van der Waals surface area (Å²) in [5, 5.41) is 12.0. The first-order chi connectivity index (χ1) is 8.48. The van der Waals surface area contributed by atoms with Crippen LogP contribution in [0.2, 0.25) is 0 Å². The Morgan fingerprint density at radius 1 is 1.39 bits per heavy atom. The molecule has 0 aliphatic rings. The molecule has 0 spiro atoms. The predicted octanol–water partition coefficient (Wildman–Crippen LogP) is 2.10. The van der Waals surface area contributed by atoms with Crippen molar-refractivity contribution in [3.8, 4) is 6.07 Å². The lowest BCUT2D eigenvalue weighted by Crippen LogP contribution is -2.13. The summed E-state index contributed by atoms with van der Waals surface area (Å²) in [6.45, 7) is 4.20. The van der Waals surface area contributed by atoms with Gasteiger partial charge in [0.25, 0.3) is 0 Å². The fraction of sp³-hybridized carbons (Fsp3) is 0.462. The standard InChI is InChI=1S/C13H18N2O2S/c1-3-18(16,17)8-4-7-15-13-9-12(10-14)6-5-11(13)2/h5-6,9,15H,3-4,7-8H2,1-2H3. The van der Waals surface area contributed by atoms with E-state index in [0.29, 0.717) is 18.5 Å². The van der Waals surface area contributed by atoms with Crippen molar-refractivity contribution in [2.75, 3.05) is 23.4 Å². The van der Waals surface area contributed by atoms with Gasteiger partial charge in [-0.3, -0.25) is 0 Å². The Labute approximate surface area is 109 Å². The first kappa shape index (κ1) is 14.5. The zero-order valence-electron chi connectivity index (χ0n) is 10.7. The molecular formula is C13H18N2O2S. The Hall–Kier alpha value is -1.54. The zero-order valence-corrected chi connectivity index (χ0v) is 11.5. The van der Waals surface area contributed by atoms with E-state index in [1.807, 2.05) is 13.0 Å². The number of hydrogen-bond acceptors (Lipinski definition) is 4. The van der Waals surface area contributed by atoms with Crippen LogP contribution in [0.25, 0.3) is 0 Å². The third kappa shape index (κ3) is 4.38. The van der Waals surface area contributed by atoms with Gasteiger partial charge in [0, 0.05) is 18.0 Å². The van der Waals surface area contributed by atoms with Crippen LogP contribution < -0.4 is 5.32 Å². The summed E-state index contributed by atoms with van der Waals surface area (Å²) in [5.41, 5.74) is 2.54. The smallest absolute Gasteiger partial charge is 0.150 e. The molecule has 0 aliphatic heterocycles. The van der Waals surface area contributed by atoms with Crippen molar-refractivity contribution in [1.82, 2.24) is 0 Å². The van der Waals surface area contributed by atoms with E-state index in [2.05, 4.69) is 11.4 Å². The average Bonchev–Trinajstić information content (AvgIpc) is 2.36. The highest BCUT2D eigenvalue weighted by Crippen LogP contribution is 2.16. The monoisotopic (exact) mass is 266 g/mol. The molecule has 5 heteroatoms. The lowest BCUT2D eigenvalue weighted by molar-refractivity contribution is 0.595. The van der Waals surface area contributed by atoms with Crippen LogP contribution in [0.5, 0.6) is 0 Å². The molecule has 0 aliphatic carbocycles. The highest BCUT2D eigenvalue weighted by atomic mass is 32.2. The molecule has 0 bridgehead atoms. The number of sulfone groups is 1. The summed E-state index contributed by atoms with van der Waals surface area (Å²) in [7, 11) is -2.89. The van der Waals surface area contributed by atoms with Gasteiger partial charge >= 0.3 is 0 Å². The van der Waals surface area contributed by atoms with E-state index in [-0.39, 0.29) is 11.5 Å². The van der Waals surface area contributed by atoms with Gasteiger partial charge in [0.05, 0.1) is 17.4 Å². The van der Waals surface area contributed by atoms with E-state index >= 15 is 0 Å². The number of nitriles is 1.